The van der Waals surface area contributed by atoms with Gasteiger partial charge in [-0.15, -0.1) is 0 Å². The number of aryl methyl sites for hydroxylation is 2. The number of imidazole rings is 1. The van der Waals surface area contributed by atoms with Crippen molar-refractivity contribution >= 4 is 17.5 Å². The molecule has 0 radical (unpaired) electrons. The van der Waals surface area contributed by atoms with Gasteiger partial charge < -0.3 is 11.1 Å². The zero-order valence-electron chi connectivity index (χ0n) is 14.0. The van der Waals surface area contributed by atoms with Gasteiger partial charge in [-0.05, 0) is 39.2 Å². The zero-order chi connectivity index (χ0) is 17.1. The van der Waals surface area contributed by atoms with E-state index >= 15 is 0 Å². The lowest BCUT2D eigenvalue weighted by atomic mass is 10.1. The highest BCUT2D eigenvalue weighted by Crippen LogP contribution is 2.18. The normalized spacial score (nSPS) is 12.3. The van der Waals surface area contributed by atoms with Crippen molar-refractivity contribution in [1.82, 2.24) is 19.7 Å². The van der Waals surface area contributed by atoms with Crippen molar-refractivity contribution in [2.24, 2.45) is 5.73 Å². The predicted octanol–water partition coefficient (Wildman–Crippen LogP) is 1.29. The third-order valence-corrected chi connectivity index (χ3v) is 4.11. The van der Waals surface area contributed by atoms with E-state index in [0.29, 0.717) is 18.5 Å². The van der Waals surface area contributed by atoms with Crippen LogP contribution >= 0.6 is 0 Å². The van der Waals surface area contributed by atoms with Crippen LogP contribution in [0.2, 0.25) is 0 Å². The van der Waals surface area contributed by atoms with Crippen molar-refractivity contribution in [3.05, 3.63) is 29.0 Å². The minimum absolute atomic E-state index is 0.0294. The third kappa shape index (κ3) is 3.49. The fourth-order valence-electron chi connectivity index (χ4n) is 2.55. The van der Waals surface area contributed by atoms with Crippen LogP contribution in [0.15, 0.2) is 6.33 Å². The summed E-state index contributed by atoms with van der Waals surface area (Å²) in [7, 11) is 0. The van der Waals surface area contributed by atoms with Gasteiger partial charge in [-0.2, -0.15) is 0 Å². The largest absolute Gasteiger partial charge is 0.364 e. The molecule has 1 unspecified atom stereocenters. The number of nitrogens with one attached hydrogen (secondary N) is 1. The van der Waals surface area contributed by atoms with Gasteiger partial charge in [0.25, 0.3) is 5.91 Å². The first-order valence-electron chi connectivity index (χ1n) is 7.77. The van der Waals surface area contributed by atoms with Crippen LogP contribution in [0.5, 0.6) is 0 Å². The molecule has 2 heterocycles. The molecule has 0 bridgehead atoms. The SMILES string of the molecule is CCC(C)NC(=O)CCc1c(C)nc2c(C(N)=O)ncn2c1C. The molecule has 2 amide bonds. The number of carbonyl (C=O) groups is 2. The van der Waals surface area contributed by atoms with Gasteiger partial charge in [0.2, 0.25) is 5.91 Å². The number of carbonyl (C=O) groups excluding carboxylic acids is 2. The number of nitrogens with zero attached hydrogens (tertiary/aromatic N) is 3. The fraction of sp³-hybridized carbons (Fsp3) is 0.500. The van der Waals surface area contributed by atoms with Crippen LogP contribution in [-0.2, 0) is 11.2 Å². The van der Waals surface area contributed by atoms with E-state index in [1.165, 1.54) is 0 Å². The molecule has 1 atom stereocenters. The molecule has 0 aromatic carbocycles. The van der Waals surface area contributed by atoms with Gasteiger partial charge >= 0.3 is 0 Å². The lowest BCUT2D eigenvalue weighted by molar-refractivity contribution is -0.121. The van der Waals surface area contributed by atoms with Crippen molar-refractivity contribution in [2.45, 2.75) is 53.0 Å². The fourth-order valence-corrected chi connectivity index (χ4v) is 2.55. The van der Waals surface area contributed by atoms with Crippen molar-refractivity contribution in [3.63, 3.8) is 0 Å². The number of rotatable bonds is 6. The molecule has 0 spiro atoms. The molecule has 2 aromatic heterocycles. The summed E-state index contributed by atoms with van der Waals surface area (Å²) in [6.07, 6.45) is 3.44. The molecule has 7 heteroatoms. The van der Waals surface area contributed by atoms with Crippen LogP contribution in [0, 0.1) is 13.8 Å². The van der Waals surface area contributed by atoms with Crippen LogP contribution in [0.25, 0.3) is 5.65 Å². The standard InChI is InChI=1S/C16H23N5O2/c1-5-9(2)19-13(22)7-6-12-10(3)20-16-14(15(17)23)18-8-21(16)11(12)4/h8-9H,5-7H2,1-4H3,(H2,17,23)(H,19,22). The average molecular weight is 317 g/mol. The molecule has 0 fully saturated rings. The maximum Gasteiger partial charge on any atom is 0.271 e. The predicted molar refractivity (Wildman–Crippen MR) is 87.2 cm³/mol. The van der Waals surface area contributed by atoms with E-state index in [0.717, 1.165) is 23.4 Å². The maximum atomic E-state index is 12.0. The van der Waals surface area contributed by atoms with Gasteiger partial charge in [-0.25, -0.2) is 9.97 Å². The summed E-state index contributed by atoms with van der Waals surface area (Å²) in [6.45, 7) is 7.81. The van der Waals surface area contributed by atoms with Crippen molar-refractivity contribution in [1.29, 1.82) is 0 Å². The Morgan fingerprint density at radius 3 is 2.70 bits per heavy atom. The zero-order valence-corrected chi connectivity index (χ0v) is 14.0. The molecular weight excluding hydrogens is 294 g/mol. The Morgan fingerprint density at radius 2 is 2.09 bits per heavy atom. The highest BCUT2D eigenvalue weighted by molar-refractivity contribution is 5.96. The second-order valence-corrected chi connectivity index (χ2v) is 5.79. The first-order chi connectivity index (χ1) is 10.8. The third-order valence-electron chi connectivity index (χ3n) is 4.11. The van der Waals surface area contributed by atoms with E-state index in [-0.39, 0.29) is 17.6 Å². The molecule has 3 N–H and O–H groups in total. The Kier molecular flexibility index (Phi) is 4.98. The Balaban J connectivity index is 2.25. The van der Waals surface area contributed by atoms with Crippen LogP contribution < -0.4 is 11.1 Å². The number of fused-ring (bicyclic) bond motifs is 1. The second kappa shape index (κ2) is 6.76. The number of nitrogens with two attached hydrogens (primary N) is 1. The summed E-state index contributed by atoms with van der Waals surface area (Å²) in [5.74, 6) is -0.568. The van der Waals surface area contributed by atoms with Crippen LogP contribution in [0.4, 0.5) is 0 Å². The van der Waals surface area contributed by atoms with Crippen LogP contribution in [0.1, 0.15) is 54.1 Å². The lowest BCUT2D eigenvalue weighted by Crippen LogP contribution is -2.32. The second-order valence-electron chi connectivity index (χ2n) is 5.79. The molecule has 0 aliphatic carbocycles. The summed E-state index contributed by atoms with van der Waals surface area (Å²) in [5, 5.41) is 2.96. The number of aromatic nitrogens is 3. The van der Waals surface area contributed by atoms with Crippen molar-refractivity contribution in [3.8, 4) is 0 Å². The topological polar surface area (TPSA) is 102 Å². The average Bonchev–Trinajstić information content (AvgIpc) is 2.90. The van der Waals surface area contributed by atoms with E-state index < -0.39 is 5.91 Å². The molecule has 0 saturated carbocycles. The Labute approximate surface area is 135 Å². The Hall–Kier alpha value is -2.44. The number of amides is 2. The molecular formula is C16H23N5O2. The molecule has 0 aliphatic heterocycles. The smallest absolute Gasteiger partial charge is 0.271 e. The number of hydrogen-bond acceptors (Lipinski definition) is 4. The van der Waals surface area contributed by atoms with Gasteiger partial charge in [0.05, 0.1) is 0 Å². The first-order valence-corrected chi connectivity index (χ1v) is 7.77. The summed E-state index contributed by atoms with van der Waals surface area (Å²) in [5.41, 5.74) is 8.63. The monoisotopic (exact) mass is 317 g/mol. The molecule has 0 aliphatic rings. The van der Waals surface area contributed by atoms with Gasteiger partial charge in [0, 0.05) is 23.9 Å². The summed E-state index contributed by atoms with van der Waals surface area (Å²) in [4.78, 5) is 31.8. The maximum absolute atomic E-state index is 12.0. The highest BCUT2D eigenvalue weighted by Gasteiger charge is 2.17. The van der Waals surface area contributed by atoms with Gasteiger partial charge in [-0.3, -0.25) is 14.0 Å². The van der Waals surface area contributed by atoms with E-state index in [1.54, 1.807) is 10.7 Å². The summed E-state index contributed by atoms with van der Waals surface area (Å²) >= 11 is 0. The molecule has 0 saturated heterocycles. The molecule has 23 heavy (non-hydrogen) atoms. The first kappa shape index (κ1) is 16.9. The summed E-state index contributed by atoms with van der Waals surface area (Å²) in [6, 6.07) is 0.178. The van der Waals surface area contributed by atoms with Gasteiger partial charge in [-0.1, -0.05) is 6.92 Å². The number of primary amides is 1. The summed E-state index contributed by atoms with van der Waals surface area (Å²) < 4.78 is 1.75. The van der Waals surface area contributed by atoms with Gasteiger partial charge in [0.15, 0.2) is 11.3 Å². The van der Waals surface area contributed by atoms with Gasteiger partial charge in [0.1, 0.15) is 6.33 Å². The lowest BCUT2D eigenvalue weighted by Gasteiger charge is -2.14. The van der Waals surface area contributed by atoms with Crippen LogP contribution in [-0.4, -0.2) is 32.2 Å². The minimum atomic E-state index is -0.598. The molecule has 7 nitrogen and oxygen atoms in total. The Bertz CT molecular complexity index is 750. The Morgan fingerprint density at radius 1 is 1.39 bits per heavy atom. The molecule has 124 valence electrons. The quantitative estimate of drug-likeness (QED) is 0.838. The van der Waals surface area contributed by atoms with E-state index in [9.17, 15) is 9.59 Å². The van der Waals surface area contributed by atoms with Crippen molar-refractivity contribution in [2.75, 3.05) is 0 Å². The minimum Gasteiger partial charge on any atom is -0.364 e. The number of hydrogen-bond donors (Lipinski definition) is 2. The molecule has 2 aromatic rings. The van der Waals surface area contributed by atoms with Crippen molar-refractivity contribution < 1.29 is 9.59 Å². The molecule has 2 rings (SSSR count). The van der Waals surface area contributed by atoms with Crippen LogP contribution in [0.3, 0.4) is 0 Å². The highest BCUT2D eigenvalue weighted by atomic mass is 16.2. The van der Waals surface area contributed by atoms with E-state index in [4.69, 9.17) is 5.73 Å². The van der Waals surface area contributed by atoms with E-state index in [1.807, 2.05) is 27.7 Å². The van der Waals surface area contributed by atoms with E-state index in [2.05, 4.69) is 15.3 Å².